The van der Waals surface area contributed by atoms with E-state index >= 15 is 0 Å². The largest absolute Gasteiger partial charge is 0.208 e. The van der Waals surface area contributed by atoms with Crippen LogP contribution in [0.25, 0.3) is 0 Å². The van der Waals surface area contributed by atoms with E-state index in [1.165, 1.54) is 17.0 Å². The molecular weight excluding hydrogens is 170 g/mol. The summed E-state index contributed by atoms with van der Waals surface area (Å²) in [5.41, 5.74) is 4.34. The summed E-state index contributed by atoms with van der Waals surface area (Å²) in [5, 5.41) is 0. The Labute approximate surface area is 87.1 Å². The number of benzene rings is 1. The summed E-state index contributed by atoms with van der Waals surface area (Å²) in [6.45, 7) is 9.50. The molecule has 0 aliphatic carbocycles. The van der Waals surface area contributed by atoms with Crippen molar-refractivity contribution in [2.45, 2.75) is 34.1 Å². The zero-order valence-electron chi connectivity index (χ0n) is 9.67. The summed E-state index contributed by atoms with van der Waals surface area (Å²) in [5.74, 6) is 0. The number of para-hydroxylation sites is 1. The molecule has 2 rings (SSSR count). The van der Waals surface area contributed by atoms with Gasteiger partial charge in [0.1, 0.15) is 6.54 Å². The molecule has 0 radical (unpaired) electrons. The predicted molar refractivity (Wildman–Crippen MR) is 62.6 cm³/mol. The van der Waals surface area contributed by atoms with E-state index in [-0.39, 0.29) is 0 Å². The molecule has 76 valence electrons. The molecule has 1 aromatic rings. The fourth-order valence-electron chi connectivity index (χ4n) is 1.94. The molecule has 1 nitrogen and oxygen atoms in total. The van der Waals surface area contributed by atoms with Gasteiger partial charge in [-0.15, -0.1) is 0 Å². The van der Waals surface area contributed by atoms with Crippen molar-refractivity contribution in [1.29, 1.82) is 0 Å². The molecule has 0 aromatic heterocycles. The fraction of sp³-hybridized carbons (Fsp3) is 0.462. The molecular formula is C13H20N+. The van der Waals surface area contributed by atoms with Gasteiger partial charge in [-0.2, -0.15) is 4.58 Å². The predicted octanol–water partition coefficient (Wildman–Crippen LogP) is 3.39. The van der Waals surface area contributed by atoms with Crippen LogP contribution in [0.1, 0.15) is 33.3 Å². The molecule has 0 unspecified atom stereocenters. The van der Waals surface area contributed by atoms with E-state index in [0.29, 0.717) is 0 Å². The van der Waals surface area contributed by atoms with Crippen molar-refractivity contribution < 1.29 is 4.58 Å². The quantitative estimate of drug-likeness (QED) is 0.597. The second-order valence-corrected chi connectivity index (χ2v) is 3.29. The van der Waals surface area contributed by atoms with Crippen molar-refractivity contribution in [2.24, 2.45) is 0 Å². The monoisotopic (exact) mass is 190 g/mol. The zero-order chi connectivity index (χ0) is 10.6. The van der Waals surface area contributed by atoms with Crippen LogP contribution in [-0.2, 0) is 6.42 Å². The van der Waals surface area contributed by atoms with Crippen LogP contribution in [0, 0.1) is 0 Å². The highest BCUT2D eigenvalue weighted by atomic mass is 15.0. The number of nitrogens with zero attached hydrogens (tertiary/aromatic N) is 1. The molecule has 0 fully saturated rings. The van der Waals surface area contributed by atoms with Gasteiger partial charge >= 0.3 is 0 Å². The standard InChI is InChI=1S/C11H14N.C2H6/c1-3-12-9(2)8-10-6-4-5-7-11(10)12;1-2/h4-7H,3,8H2,1-2H3;1-2H3/q+1;. The molecule has 1 aliphatic rings. The average Bonchev–Trinajstić information content (AvgIpc) is 2.56. The molecule has 0 atom stereocenters. The van der Waals surface area contributed by atoms with Crippen LogP contribution in [0.4, 0.5) is 5.69 Å². The molecule has 0 saturated heterocycles. The SMILES string of the molecule is CC.CC[N+]1=C(C)Cc2ccccc21. The Balaban J connectivity index is 0.000000461. The molecule has 0 bridgehead atoms. The lowest BCUT2D eigenvalue weighted by molar-refractivity contribution is -0.433. The first-order valence-electron chi connectivity index (χ1n) is 5.51. The number of hydrogen-bond donors (Lipinski definition) is 0. The fourth-order valence-corrected chi connectivity index (χ4v) is 1.94. The molecule has 1 aromatic carbocycles. The van der Waals surface area contributed by atoms with Gasteiger partial charge in [0, 0.05) is 18.6 Å². The summed E-state index contributed by atoms with van der Waals surface area (Å²) >= 11 is 0. The molecule has 14 heavy (non-hydrogen) atoms. The maximum atomic E-state index is 2.38. The molecule has 1 heterocycles. The highest BCUT2D eigenvalue weighted by Crippen LogP contribution is 2.25. The lowest BCUT2D eigenvalue weighted by atomic mass is 10.1. The molecule has 0 spiro atoms. The van der Waals surface area contributed by atoms with E-state index in [0.717, 1.165) is 13.0 Å². The summed E-state index contributed by atoms with van der Waals surface area (Å²) in [6, 6.07) is 8.65. The lowest BCUT2D eigenvalue weighted by Crippen LogP contribution is -2.08. The van der Waals surface area contributed by atoms with Crippen LogP contribution in [-0.4, -0.2) is 16.8 Å². The van der Waals surface area contributed by atoms with Crippen LogP contribution in [0.5, 0.6) is 0 Å². The Bertz CT molecular complexity index is 337. The van der Waals surface area contributed by atoms with E-state index in [9.17, 15) is 0 Å². The average molecular weight is 190 g/mol. The van der Waals surface area contributed by atoms with Crippen LogP contribution in [0.2, 0.25) is 0 Å². The maximum absolute atomic E-state index is 2.38. The molecule has 0 saturated carbocycles. The topological polar surface area (TPSA) is 3.01 Å². The van der Waals surface area contributed by atoms with Crippen molar-refractivity contribution in [1.82, 2.24) is 0 Å². The Morgan fingerprint density at radius 2 is 1.86 bits per heavy atom. The van der Waals surface area contributed by atoms with Crippen molar-refractivity contribution >= 4 is 11.4 Å². The first kappa shape index (κ1) is 11.0. The van der Waals surface area contributed by atoms with E-state index in [2.05, 4.69) is 42.7 Å². The molecule has 0 N–H and O–H groups in total. The first-order valence-corrected chi connectivity index (χ1v) is 5.51. The number of hydrogen-bond acceptors (Lipinski definition) is 0. The third kappa shape index (κ3) is 1.87. The maximum Gasteiger partial charge on any atom is 0.208 e. The second kappa shape index (κ2) is 4.94. The summed E-state index contributed by atoms with van der Waals surface area (Å²) in [4.78, 5) is 0. The van der Waals surface area contributed by atoms with Gasteiger partial charge in [-0.3, -0.25) is 0 Å². The summed E-state index contributed by atoms with van der Waals surface area (Å²) in [7, 11) is 0. The van der Waals surface area contributed by atoms with Gasteiger partial charge in [-0.05, 0) is 6.92 Å². The molecule has 0 amide bonds. The van der Waals surface area contributed by atoms with Crippen molar-refractivity contribution in [2.75, 3.05) is 6.54 Å². The Hall–Kier alpha value is -1.11. The van der Waals surface area contributed by atoms with Gasteiger partial charge in [-0.1, -0.05) is 32.0 Å². The second-order valence-electron chi connectivity index (χ2n) is 3.29. The third-order valence-electron chi connectivity index (χ3n) is 2.51. The minimum absolute atomic E-state index is 1.09. The molecule has 1 heteroatoms. The van der Waals surface area contributed by atoms with Crippen LogP contribution in [0.15, 0.2) is 24.3 Å². The first-order chi connectivity index (χ1) is 6.83. The van der Waals surface area contributed by atoms with Crippen LogP contribution >= 0.6 is 0 Å². The zero-order valence-corrected chi connectivity index (χ0v) is 9.67. The van der Waals surface area contributed by atoms with E-state index < -0.39 is 0 Å². The minimum Gasteiger partial charge on any atom is -0.200 e. The highest BCUT2D eigenvalue weighted by Gasteiger charge is 2.24. The van der Waals surface area contributed by atoms with Crippen molar-refractivity contribution in [3.05, 3.63) is 29.8 Å². The van der Waals surface area contributed by atoms with Crippen LogP contribution < -0.4 is 0 Å². The van der Waals surface area contributed by atoms with E-state index in [1.54, 1.807) is 0 Å². The van der Waals surface area contributed by atoms with Gasteiger partial charge in [0.05, 0.1) is 6.42 Å². The van der Waals surface area contributed by atoms with E-state index in [4.69, 9.17) is 0 Å². The Morgan fingerprint density at radius 3 is 2.50 bits per heavy atom. The molecule has 1 aliphatic heterocycles. The Kier molecular flexibility index (Phi) is 3.87. The van der Waals surface area contributed by atoms with Crippen LogP contribution in [0.3, 0.4) is 0 Å². The summed E-state index contributed by atoms with van der Waals surface area (Å²) < 4.78 is 2.38. The van der Waals surface area contributed by atoms with Gasteiger partial charge < -0.3 is 0 Å². The van der Waals surface area contributed by atoms with E-state index in [1.807, 2.05) is 13.8 Å². The van der Waals surface area contributed by atoms with Gasteiger partial charge in [0.2, 0.25) is 5.69 Å². The third-order valence-corrected chi connectivity index (χ3v) is 2.51. The lowest BCUT2D eigenvalue weighted by Gasteiger charge is -1.96. The number of rotatable bonds is 1. The van der Waals surface area contributed by atoms with Crippen molar-refractivity contribution in [3.8, 4) is 0 Å². The normalized spacial score (nSPS) is 13.4. The van der Waals surface area contributed by atoms with Gasteiger partial charge in [0.25, 0.3) is 0 Å². The van der Waals surface area contributed by atoms with Gasteiger partial charge in [0.15, 0.2) is 5.71 Å². The number of fused-ring (bicyclic) bond motifs is 1. The van der Waals surface area contributed by atoms with Gasteiger partial charge in [-0.25, -0.2) is 0 Å². The Morgan fingerprint density at radius 1 is 1.21 bits per heavy atom. The smallest absolute Gasteiger partial charge is 0.200 e. The minimum atomic E-state index is 1.09. The highest BCUT2D eigenvalue weighted by molar-refractivity contribution is 5.84. The van der Waals surface area contributed by atoms with Crippen molar-refractivity contribution in [3.63, 3.8) is 0 Å². The summed E-state index contributed by atoms with van der Waals surface area (Å²) in [6.07, 6.45) is 1.13.